The van der Waals surface area contributed by atoms with E-state index < -0.39 is 18.2 Å². The summed E-state index contributed by atoms with van der Waals surface area (Å²) >= 11 is 11.2. The highest BCUT2D eigenvalue weighted by molar-refractivity contribution is 6.31. The Labute approximate surface area is 112 Å². The van der Waals surface area contributed by atoms with Crippen molar-refractivity contribution in [1.29, 1.82) is 0 Å². The molecule has 0 aliphatic carbocycles. The van der Waals surface area contributed by atoms with Crippen LogP contribution in [0.2, 0.25) is 0 Å². The molecule has 0 fully saturated rings. The molecule has 0 saturated carbocycles. The summed E-state index contributed by atoms with van der Waals surface area (Å²) in [5, 5.41) is 3.32. The smallest absolute Gasteiger partial charge is 0.375 e. The standard InChI is InChI=1S/C11H10Cl2F3NO/c1-7(12)5-9(6-8(2)13)10(11(14,15)16)3-4-17-18-10/h4-6H,1,3H2,2H3/b8-6+,9-5+/t10-/m1/s1. The zero-order valence-corrected chi connectivity index (χ0v) is 10.9. The monoisotopic (exact) mass is 299 g/mol. The predicted molar refractivity (Wildman–Crippen MR) is 65.7 cm³/mol. The zero-order valence-electron chi connectivity index (χ0n) is 9.39. The molecule has 0 radical (unpaired) electrons. The second-order valence-corrected chi connectivity index (χ2v) is 4.77. The van der Waals surface area contributed by atoms with Crippen LogP contribution in [-0.2, 0) is 4.84 Å². The third-order valence-electron chi connectivity index (χ3n) is 2.25. The van der Waals surface area contributed by atoms with Crippen LogP contribution >= 0.6 is 23.2 Å². The molecule has 0 spiro atoms. The Hall–Kier alpha value is -0.940. The van der Waals surface area contributed by atoms with E-state index in [-0.39, 0.29) is 15.6 Å². The second kappa shape index (κ2) is 5.36. The summed E-state index contributed by atoms with van der Waals surface area (Å²) < 4.78 is 39.5. The fourth-order valence-corrected chi connectivity index (χ4v) is 1.72. The van der Waals surface area contributed by atoms with Gasteiger partial charge in [0.2, 0.25) is 0 Å². The highest BCUT2D eigenvalue weighted by Crippen LogP contribution is 2.45. The molecular formula is C11H10Cl2F3NO. The van der Waals surface area contributed by atoms with Crippen LogP contribution in [0, 0.1) is 0 Å². The fourth-order valence-electron chi connectivity index (χ4n) is 1.49. The van der Waals surface area contributed by atoms with Crippen molar-refractivity contribution < 1.29 is 18.0 Å². The van der Waals surface area contributed by atoms with Crippen LogP contribution in [0.1, 0.15) is 13.3 Å². The summed E-state index contributed by atoms with van der Waals surface area (Å²) in [6.45, 7) is 4.79. The lowest BCUT2D eigenvalue weighted by Gasteiger charge is -2.30. The minimum absolute atomic E-state index is 0.0571. The topological polar surface area (TPSA) is 21.6 Å². The third-order valence-corrected chi connectivity index (χ3v) is 2.47. The molecule has 100 valence electrons. The molecule has 18 heavy (non-hydrogen) atoms. The van der Waals surface area contributed by atoms with Gasteiger partial charge in [-0.1, -0.05) is 34.9 Å². The molecule has 2 nitrogen and oxygen atoms in total. The normalized spacial score (nSPS) is 25.2. The summed E-state index contributed by atoms with van der Waals surface area (Å²) in [4.78, 5) is 4.54. The summed E-state index contributed by atoms with van der Waals surface area (Å²) in [6.07, 6.45) is -1.83. The minimum Gasteiger partial charge on any atom is -0.375 e. The molecule has 0 N–H and O–H groups in total. The number of allylic oxidation sites excluding steroid dienone is 3. The first-order valence-corrected chi connectivity index (χ1v) is 5.62. The molecule has 0 aromatic carbocycles. The molecule has 0 bridgehead atoms. The first kappa shape index (κ1) is 15.1. The molecule has 1 aliphatic rings. The first-order valence-electron chi connectivity index (χ1n) is 4.86. The molecule has 0 unspecified atom stereocenters. The average Bonchev–Trinajstić information content (AvgIpc) is 2.63. The number of nitrogens with zero attached hydrogens (tertiary/aromatic N) is 1. The molecule has 1 heterocycles. The Balaban J connectivity index is 3.33. The van der Waals surface area contributed by atoms with Gasteiger partial charge in [-0.3, -0.25) is 0 Å². The molecule has 1 aliphatic heterocycles. The van der Waals surface area contributed by atoms with Crippen molar-refractivity contribution in [3.05, 3.63) is 34.4 Å². The Morgan fingerprint density at radius 1 is 1.44 bits per heavy atom. The Morgan fingerprint density at radius 3 is 2.39 bits per heavy atom. The maximum Gasteiger partial charge on any atom is 0.435 e. The maximum absolute atomic E-state index is 13.2. The van der Waals surface area contributed by atoms with Gasteiger partial charge in [0.25, 0.3) is 5.60 Å². The van der Waals surface area contributed by atoms with Gasteiger partial charge in [0, 0.05) is 28.3 Å². The van der Waals surface area contributed by atoms with Gasteiger partial charge < -0.3 is 4.84 Å². The van der Waals surface area contributed by atoms with E-state index in [0.717, 1.165) is 18.4 Å². The number of oxime groups is 1. The summed E-state index contributed by atoms with van der Waals surface area (Å²) in [5.41, 5.74) is -2.79. The third kappa shape index (κ3) is 3.09. The lowest BCUT2D eigenvalue weighted by atomic mass is 9.89. The Morgan fingerprint density at radius 2 is 2.06 bits per heavy atom. The van der Waals surface area contributed by atoms with Gasteiger partial charge in [-0.05, 0) is 19.1 Å². The minimum atomic E-state index is -4.65. The molecule has 0 saturated heterocycles. The van der Waals surface area contributed by atoms with E-state index in [2.05, 4.69) is 16.6 Å². The van der Waals surface area contributed by atoms with Crippen LogP contribution in [0.5, 0.6) is 0 Å². The Kier molecular flexibility index (Phi) is 4.50. The van der Waals surface area contributed by atoms with Crippen molar-refractivity contribution in [3.8, 4) is 0 Å². The summed E-state index contributed by atoms with van der Waals surface area (Å²) in [7, 11) is 0. The van der Waals surface area contributed by atoms with Gasteiger partial charge in [-0.25, -0.2) is 0 Å². The van der Waals surface area contributed by atoms with Crippen molar-refractivity contribution in [1.82, 2.24) is 0 Å². The SMILES string of the molecule is C=C(Cl)/C=C(\C=C(/C)Cl)[C@@]1(C(F)(F)F)CC=NO1. The van der Waals surface area contributed by atoms with E-state index in [4.69, 9.17) is 23.2 Å². The Bertz CT molecular complexity index is 426. The van der Waals surface area contributed by atoms with Crippen LogP contribution < -0.4 is 0 Å². The van der Waals surface area contributed by atoms with Gasteiger partial charge in [-0.2, -0.15) is 13.2 Å². The molecule has 1 atom stereocenters. The van der Waals surface area contributed by atoms with E-state index in [1.54, 1.807) is 0 Å². The van der Waals surface area contributed by atoms with Crippen molar-refractivity contribution >= 4 is 29.4 Å². The van der Waals surface area contributed by atoms with Crippen LogP contribution in [0.15, 0.2) is 39.5 Å². The van der Waals surface area contributed by atoms with E-state index in [1.807, 2.05) is 0 Å². The lowest BCUT2D eigenvalue weighted by molar-refractivity contribution is -0.251. The number of alkyl halides is 3. The van der Waals surface area contributed by atoms with Gasteiger partial charge in [0.15, 0.2) is 0 Å². The number of hydrogen-bond acceptors (Lipinski definition) is 2. The van der Waals surface area contributed by atoms with E-state index in [9.17, 15) is 13.2 Å². The molecule has 1 rings (SSSR count). The lowest BCUT2D eigenvalue weighted by Crippen LogP contribution is -2.46. The van der Waals surface area contributed by atoms with Gasteiger partial charge >= 0.3 is 6.18 Å². The van der Waals surface area contributed by atoms with E-state index >= 15 is 0 Å². The number of hydrogen-bond donors (Lipinski definition) is 0. The predicted octanol–water partition coefficient (Wildman–Crippen LogP) is 4.52. The van der Waals surface area contributed by atoms with Crippen molar-refractivity contribution in [2.45, 2.75) is 25.1 Å². The van der Waals surface area contributed by atoms with E-state index in [1.165, 1.54) is 6.92 Å². The summed E-state index contributed by atoms with van der Waals surface area (Å²) in [6, 6.07) is 0. The molecule has 0 aromatic heterocycles. The van der Waals surface area contributed by atoms with E-state index in [0.29, 0.717) is 0 Å². The number of halogens is 5. The quantitative estimate of drug-likeness (QED) is 0.702. The zero-order chi connectivity index (χ0) is 14.0. The fraction of sp³-hybridized carbons (Fsp3) is 0.364. The van der Waals surface area contributed by atoms with Crippen LogP contribution in [0.3, 0.4) is 0 Å². The number of rotatable bonds is 3. The van der Waals surface area contributed by atoms with Crippen LogP contribution in [0.4, 0.5) is 13.2 Å². The maximum atomic E-state index is 13.2. The molecule has 7 heteroatoms. The highest BCUT2D eigenvalue weighted by atomic mass is 35.5. The summed E-state index contributed by atoms with van der Waals surface area (Å²) in [5.74, 6) is 0. The first-order chi connectivity index (χ1) is 8.19. The second-order valence-electron chi connectivity index (χ2n) is 3.69. The van der Waals surface area contributed by atoms with Crippen LogP contribution in [-0.4, -0.2) is 18.0 Å². The van der Waals surface area contributed by atoms with Gasteiger partial charge in [0.1, 0.15) is 0 Å². The van der Waals surface area contributed by atoms with Crippen molar-refractivity contribution in [2.75, 3.05) is 0 Å². The van der Waals surface area contributed by atoms with Crippen LogP contribution in [0.25, 0.3) is 0 Å². The largest absolute Gasteiger partial charge is 0.435 e. The van der Waals surface area contributed by atoms with Crippen molar-refractivity contribution in [2.24, 2.45) is 5.16 Å². The van der Waals surface area contributed by atoms with Crippen molar-refractivity contribution in [3.63, 3.8) is 0 Å². The molecular weight excluding hydrogens is 290 g/mol. The van der Waals surface area contributed by atoms with Gasteiger partial charge in [-0.15, -0.1) is 0 Å². The average molecular weight is 300 g/mol. The van der Waals surface area contributed by atoms with Gasteiger partial charge in [0.05, 0.1) is 0 Å². The highest BCUT2D eigenvalue weighted by Gasteiger charge is 2.61. The molecule has 0 aromatic rings. The molecule has 0 amide bonds.